The molecule has 0 aliphatic rings. The van der Waals surface area contributed by atoms with Crippen LogP contribution in [0.1, 0.15) is 65.5 Å². The Balaban J connectivity index is 0.000000437. The van der Waals surface area contributed by atoms with E-state index in [0.29, 0.717) is 0 Å². The van der Waals surface area contributed by atoms with Gasteiger partial charge in [0.2, 0.25) is 0 Å². The number of rotatable bonds is 6. The summed E-state index contributed by atoms with van der Waals surface area (Å²) in [4.78, 5) is 0. The highest BCUT2D eigenvalue weighted by Crippen LogP contribution is 2.34. The topological polar surface area (TPSA) is 40.5 Å². The molecule has 0 aromatic heterocycles. The first-order valence-electron chi connectivity index (χ1n) is 14.0. The standard InChI is InChI=1S/C26H22O2.C8H18.C2H6/c1-17-3-5-21(19-7-11-23(27)12-8-19)15-25(17)26-16-22(6-4-18(26)2)20-9-13-24(28)14-10-20;1-5-8(4)6-7(2)3;1-2/h3-16,27-28H,1-2H3;7-8H,5-6H2,1-4H3;1-2H3. The summed E-state index contributed by atoms with van der Waals surface area (Å²) in [5, 5.41) is 19.1. The van der Waals surface area contributed by atoms with E-state index in [-0.39, 0.29) is 11.5 Å². The third-order valence-electron chi connectivity index (χ3n) is 6.74. The van der Waals surface area contributed by atoms with E-state index in [1.54, 1.807) is 24.3 Å². The normalized spacial score (nSPS) is 11.2. The zero-order valence-corrected chi connectivity index (χ0v) is 24.5. The smallest absolute Gasteiger partial charge is 0.115 e. The molecule has 2 nitrogen and oxygen atoms in total. The van der Waals surface area contributed by atoms with Gasteiger partial charge in [-0.1, -0.05) is 96.5 Å². The molecule has 0 amide bonds. The van der Waals surface area contributed by atoms with Gasteiger partial charge < -0.3 is 10.2 Å². The van der Waals surface area contributed by atoms with Crippen molar-refractivity contribution in [3.05, 3.63) is 96.1 Å². The van der Waals surface area contributed by atoms with Crippen molar-refractivity contribution in [2.75, 3.05) is 0 Å². The van der Waals surface area contributed by atoms with Gasteiger partial charge in [-0.3, -0.25) is 0 Å². The molecule has 2 N–H and O–H groups in total. The van der Waals surface area contributed by atoms with Crippen LogP contribution in [-0.4, -0.2) is 10.2 Å². The first kappa shape index (κ1) is 30.7. The minimum atomic E-state index is 0.272. The van der Waals surface area contributed by atoms with E-state index in [4.69, 9.17) is 0 Å². The zero-order valence-electron chi connectivity index (χ0n) is 24.5. The lowest BCUT2D eigenvalue weighted by Crippen LogP contribution is -1.97. The third-order valence-corrected chi connectivity index (χ3v) is 6.74. The van der Waals surface area contributed by atoms with Crippen molar-refractivity contribution >= 4 is 0 Å². The van der Waals surface area contributed by atoms with Crippen molar-refractivity contribution in [3.63, 3.8) is 0 Å². The van der Waals surface area contributed by atoms with Crippen molar-refractivity contribution in [2.24, 2.45) is 11.8 Å². The van der Waals surface area contributed by atoms with Crippen LogP contribution in [0.2, 0.25) is 0 Å². The van der Waals surface area contributed by atoms with Crippen LogP contribution >= 0.6 is 0 Å². The van der Waals surface area contributed by atoms with Crippen molar-refractivity contribution < 1.29 is 10.2 Å². The largest absolute Gasteiger partial charge is 0.508 e. The molecule has 38 heavy (non-hydrogen) atoms. The summed E-state index contributed by atoms with van der Waals surface area (Å²) in [6.07, 6.45) is 2.72. The molecule has 4 aromatic carbocycles. The second-order valence-corrected chi connectivity index (χ2v) is 10.3. The summed E-state index contributed by atoms with van der Waals surface area (Å²) >= 11 is 0. The first-order chi connectivity index (χ1) is 18.2. The molecule has 0 fully saturated rings. The summed E-state index contributed by atoms with van der Waals surface area (Å²) in [6, 6.07) is 27.5. The summed E-state index contributed by atoms with van der Waals surface area (Å²) in [6.45, 7) is 17.4. The van der Waals surface area contributed by atoms with Crippen LogP contribution in [0.4, 0.5) is 0 Å². The molecule has 0 heterocycles. The Hall–Kier alpha value is -3.52. The third kappa shape index (κ3) is 8.80. The average molecular weight is 511 g/mol. The van der Waals surface area contributed by atoms with Gasteiger partial charge in [-0.05, 0) is 113 Å². The van der Waals surface area contributed by atoms with Gasteiger partial charge in [-0.25, -0.2) is 0 Å². The minimum absolute atomic E-state index is 0.272. The van der Waals surface area contributed by atoms with E-state index in [0.717, 1.165) is 34.1 Å². The predicted molar refractivity (Wildman–Crippen MR) is 166 cm³/mol. The van der Waals surface area contributed by atoms with Crippen molar-refractivity contribution in [1.82, 2.24) is 0 Å². The number of aromatic hydroxyl groups is 2. The fourth-order valence-corrected chi connectivity index (χ4v) is 4.46. The lowest BCUT2D eigenvalue weighted by Gasteiger charge is -2.14. The highest BCUT2D eigenvalue weighted by molar-refractivity contribution is 5.80. The molecule has 1 atom stereocenters. The van der Waals surface area contributed by atoms with E-state index in [2.05, 4.69) is 77.9 Å². The zero-order chi connectivity index (χ0) is 28.2. The van der Waals surface area contributed by atoms with Gasteiger partial charge in [0, 0.05) is 0 Å². The highest BCUT2D eigenvalue weighted by Gasteiger charge is 2.10. The van der Waals surface area contributed by atoms with Gasteiger partial charge in [0.25, 0.3) is 0 Å². The Labute approximate surface area is 231 Å². The number of phenols is 2. The summed E-state index contributed by atoms with van der Waals surface area (Å²) < 4.78 is 0. The maximum absolute atomic E-state index is 9.56. The molecular formula is C36H46O2. The Kier molecular flexibility index (Phi) is 12.1. The van der Waals surface area contributed by atoms with Crippen LogP contribution in [0.3, 0.4) is 0 Å². The number of aryl methyl sites for hydroxylation is 2. The van der Waals surface area contributed by atoms with E-state index in [1.165, 1.54) is 35.1 Å². The molecule has 0 aliphatic heterocycles. The number of phenolic OH excluding ortho intramolecular Hbond substituents is 2. The Morgan fingerprint density at radius 2 is 0.895 bits per heavy atom. The molecule has 0 bridgehead atoms. The molecule has 4 rings (SSSR count). The molecule has 0 aliphatic carbocycles. The van der Waals surface area contributed by atoms with Gasteiger partial charge in [0.1, 0.15) is 11.5 Å². The summed E-state index contributed by atoms with van der Waals surface area (Å²) in [7, 11) is 0. The fourth-order valence-electron chi connectivity index (χ4n) is 4.46. The number of benzene rings is 4. The van der Waals surface area contributed by atoms with E-state index < -0.39 is 0 Å². The highest BCUT2D eigenvalue weighted by atomic mass is 16.3. The van der Waals surface area contributed by atoms with Crippen molar-refractivity contribution in [2.45, 2.75) is 68.2 Å². The Morgan fingerprint density at radius 3 is 1.18 bits per heavy atom. The van der Waals surface area contributed by atoms with E-state index in [1.807, 2.05) is 38.1 Å². The lowest BCUT2D eigenvalue weighted by atomic mass is 9.90. The monoisotopic (exact) mass is 510 g/mol. The molecule has 2 heteroatoms. The van der Waals surface area contributed by atoms with E-state index >= 15 is 0 Å². The van der Waals surface area contributed by atoms with Crippen LogP contribution < -0.4 is 0 Å². The van der Waals surface area contributed by atoms with Crippen LogP contribution in [0, 0.1) is 25.7 Å². The SMILES string of the molecule is CC.CCC(C)CC(C)C.Cc1ccc(-c2ccc(O)cc2)cc1-c1cc(-c2ccc(O)cc2)ccc1C. The molecule has 4 aromatic rings. The summed E-state index contributed by atoms with van der Waals surface area (Å²) in [5.41, 5.74) is 9.22. The Bertz CT molecular complexity index is 1160. The fraction of sp³-hybridized carbons (Fsp3) is 0.333. The van der Waals surface area contributed by atoms with Gasteiger partial charge >= 0.3 is 0 Å². The molecule has 0 radical (unpaired) electrons. The maximum Gasteiger partial charge on any atom is 0.115 e. The van der Waals surface area contributed by atoms with Crippen molar-refractivity contribution in [3.8, 4) is 44.9 Å². The van der Waals surface area contributed by atoms with Crippen LogP contribution in [0.25, 0.3) is 33.4 Å². The predicted octanol–water partition coefficient (Wildman–Crippen LogP) is 10.8. The lowest BCUT2D eigenvalue weighted by molar-refractivity contribution is 0.429. The molecule has 0 saturated heterocycles. The molecular weight excluding hydrogens is 464 g/mol. The number of hydrogen-bond acceptors (Lipinski definition) is 2. The second kappa shape index (κ2) is 15.0. The minimum Gasteiger partial charge on any atom is -0.508 e. The number of hydrogen-bond donors (Lipinski definition) is 2. The average Bonchev–Trinajstić information content (AvgIpc) is 2.91. The van der Waals surface area contributed by atoms with Crippen LogP contribution in [-0.2, 0) is 0 Å². The van der Waals surface area contributed by atoms with Crippen molar-refractivity contribution in [1.29, 1.82) is 0 Å². The molecule has 202 valence electrons. The van der Waals surface area contributed by atoms with Gasteiger partial charge in [0.15, 0.2) is 0 Å². The summed E-state index contributed by atoms with van der Waals surface area (Å²) in [5.74, 6) is 2.35. The molecule has 0 saturated carbocycles. The first-order valence-corrected chi connectivity index (χ1v) is 14.0. The second-order valence-electron chi connectivity index (χ2n) is 10.3. The van der Waals surface area contributed by atoms with Gasteiger partial charge in [-0.2, -0.15) is 0 Å². The molecule has 0 spiro atoms. The van der Waals surface area contributed by atoms with Crippen LogP contribution in [0.5, 0.6) is 11.5 Å². The quantitative estimate of drug-likeness (QED) is 0.271. The van der Waals surface area contributed by atoms with Gasteiger partial charge in [-0.15, -0.1) is 0 Å². The Morgan fingerprint density at radius 1 is 0.553 bits per heavy atom. The molecule has 1 unspecified atom stereocenters. The van der Waals surface area contributed by atoms with E-state index in [9.17, 15) is 10.2 Å². The van der Waals surface area contributed by atoms with Crippen LogP contribution in [0.15, 0.2) is 84.9 Å². The maximum atomic E-state index is 9.56. The van der Waals surface area contributed by atoms with Gasteiger partial charge in [0.05, 0.1) is 0 Å².